The smallest absolute Gasteiger partial charge is 0.295 e. The molecule has 0 fully saturated rings. The minimum atomic E-state index is -0.296. The molecule has 17 heavy (non-hydrogen) atoms. The number of nitrogens with one attached hydrogen (secondary N) is 2. The number of rotatable bonds is 3. The number of H-pyrrole nitrogens is 1. The summed E-state index contributed by atoms with van der Waals surface area (Å²) in [6.07, 6.45) is 0.865. The van der Waals surface area contributed by atoms with Crippen LogP contribution in [0.5, 0.6) is 0 Å². The van der Waals surface area contributed by atoms with Crippen LogP contribution in [0.1, 0.15) is 28.9 Å². The molecule has 1 aromatic heterocycles. The number of carbonyl (C=O) groups is 1. The summed E-state index contributed by atoms with van der Waals surface area (Å²) < 4.78 is 0. The van der Waals surface area contributed by atoms with Gasteiger partial charge in [0.25, 0.3) is 5.91 Å². The van der Waals surface area contributed by atoms with Crippen molar-refractivity contribution in [1.82, 2.24) is 15.2 Å². The molecule has 2 N–H and O–H groups in total. The third-order valence-corrected chi connectivity index (χ3v) is 2.45. The lowest BCUT2D eigenvalue weighted by molar-refractivity contribution is 0.101. The number of hydrogen-bond acceptors (Lipinski definition) is 3. The maximum atomic E-state index is 11.8. The molecule has 88 valence electrons. The summed E-state index contributed by atoms with van der Waals surface area (Å²) in [5.41, 5.74) is 1.90. The molecule has 0 aliphatic carbocycles. The van der Waals surface area contributed by atoms with Crippen LogP contribution in [0.3, 0.4) is 0 Å². The van der Waals surface area contributed by atoms with E-state index in [1.165, 1.54) is 0 Å². The number of aryl methyl sites for hydroxylation is 2. The molecule has 0 aliphatic heterocycles. The van der Waals surface area contributed by atoms with Gasteiger partial charge in [-0.1, -0.05) is 25.1 Å². The predicted octanol–water partition coefficient (Wildman–Crippen LogP) is 1.93. The number of carbonyl (C=O) groups excluding carboxylic acids is 1. The first kappa shape index (κ1) is 11.3. The van der Waals surface area contributed by atoms with Gasteiger partial charge in [0, 0.05) is 5.69 Å². The van der Waals surface area contributed by atoms with E-state index in [-0.39, 0.29) is 11.7 Å². The molecule has 2 rings (SSSR count). The van der Waals surface area contributed by atoms with E-state index in [1.807, 2.05) is 31.2 Å². The highest BCUT2D eigenvalue weighted by Gasteiger charge is 2.12. The van der Waals surface area contributed by atoms with E-state index in [4.69, 9.17) is 0 Å². The Kier molecular flexibility index (Phi) is 3.18. The first-order valence-corrected chi connectivity index (χ1v) is 5.49. The van der Waals surface area contributed by atoms with Crippen molar-refractivity contribution in [2.45, 2.75) is 20.3 Å². The van der Waals surface area contributed by atoms with Gasteiger partial charge < -0.3 is 5.32 Å². The first-order chi connectivity index (χ1) is 8.20. The van der Waals surface area contributed by atoms with Crippen molar-refractivity contribution in [3.05, 3.63) is 41.5 Å². The number of nitrogens with zero attached hydrogens (tertiary/aromatic N) is 2. The van der Waals surface area contributed by atoms with E-state index in [2.05, 4.69) is 20.5 Å². The summed E-state index contributed by atoms with van der Waals surface area (Å²) >= 11 is 0. The van der Waals surface area contributed by atoms with Crippen molar-refractivity contribution in [2.75, 3.05) is 5.32 Å². The highest BCUT2D eigenvalue weighted by molar-refractivity contribution is 6.01. The number of aromatic nitrogens is 3. The number of hydrogen-bond donors (Lipinski definition) is 2. The molecule has 0 saturated heterocycles. The molecular formula is C12H14N4O. The largest absolute Gasteiger partial charge is 0.319 e. The molecule has 0 atom stereocenters. The molecule has 5 nitrogen and oxygen atoms in total. The topological polar surface area (TPSA) is 70.7 Å². The third kappa shape index (κ3) is 2.50. The average molecular weight is 230 g/mol. The van der Waals surface area contributed by atoms with E-state index < -0.39 is 0 Å². The molecule has 0 radical (unpaired) electrons. The number of benzene rings is 1. The van der Waals surface area contributed by atoms with Crippen LogP contribution in [0.2, 0.25) is 0 Å². The number of aromatic amines is 1. The van der Waals surface area contributed by atoms with Gasteiger partial charge in [0.1, 0.15) is 5.82 Å². The lowest BCUT2D eigenvalue weighted by Crippen LogP contribution is -2.14. The summed E-state index contributed by atoms with van der Waals surface area (Å²) in [5.74, 6) is 0.489. The Bertz CT molecular complexity index is 533. The van der Waals surface area contributed by atoms with Crippen molar-refractivity contribution in [3.8, 4) is 0 Å². The zero-order valence-electron chi connectivity index (χ0n) is 9.82. The maximum absolute atomic E-state index is 11.8. The van der Waals surface area contributed by atoms with E-state index >= 15 is 0 Å². The SMILES string of the molecule is CCc1ccccc1NC(=O)c1n[nH]c(C)n1. The van der Waals surface area contributed by atoms with Crippen molar-refractivity contribution < 1.29 is 4.79 Å². The van der Waals surface area contributed by atoms with E-state index in [9.17, 15) is 4.79 Å². The Balaban J connectivity index is 2.18. The van der Waals surface area contributed by atoms with Gasteiger partial charge in [0.2, 0.25) is 5.82 Å². The summed E-state index contributed by atoms with van der Waals surface area (Å²) in [5, 5.41) is 9.27. The normalized spacial score (nSPS) is 10.2. The van der Waals surface area contributed by atoms with Gasteiger partial charge in [-0.25, -0.2) is 4.98 Å². The molecule has 0 spiro atoms. The first-order valence-electron chi connectivity index (χ1n) is 5.49. The molecule has 1 amide bonds. The molecule has 1 aromatic carbocycles. The van der Waals surface area contributed by atoms with Gasteiger partial charge in [-0.05, 0) is 25.0 Å². The number of anilines is 1. The minimum Gasteiger partial charge on any atom is -0.319 e. The van der Waals surface area contributed by atoms with Crippen LogP contribution < -0.4 is 5.32 Å². The Morgan fingerprint density at radius 1 is 1.41 bits per heavy atom. The molecule has 0 unspecified atom stereocenters. The van der Waals surface area contributed by atoms with Crippen molar-refractivity contribution in [2.24, 2.45) is 0 Å². The lowest BCUT2D eigenvalue weighted by atomic mass is 10.1. The van der Waals surface area contributed by atoms with Gasteiger partial charge >= 0.3 is 0 Å². The van der Waals surface area contributed by atoms with Gasteiger partial charge in [0.05, 0.1) is 0 Å². The number of amides is 1. The fraction of sp³-hybridized carbons (Fsp3) is 0.250. The standard InChI is InChI=1S/C12H14N4O/c1-3-9-6-4-5-7-10(9)14-12(17)11-13-8(2)15-16-11/h4-7H,3H2,1-2H3,(H,14,17)(H,13,15,16). The molecule has 1 heterocycles. The third-order valence-electron chi connectivity index (χ3n) is 2.45. The second-order valence-corrected chi connectivity index (χ2v) is 3.71. The van der Waals surface area contributed by atoms with Crippen molar-refractivity contribution >= 4 is 11.6 Å². The van der Waals surface area contributed by atoms with Crippen molar-refractivity contribution in [3.63, 3.8) is 0 Å². The van der Waals surface area contributed by atoms with Gasteiger partial charge in [-0.15, -0.1) is 5.10 Å². The quantitative estimate of drug-likeness (QED) is 0.846. The highest BCUT2D eigenvalue weighted by Crippen LogP contribution is 2.15. The van der Waals surface area contributed by atoms with E-state index in [0.717, 1.165) is 17.7 Å². The fourth-order valence-corrected chi connectivity index (χ4v) is 1.57. The van der Waals surface area contributed by atoms with E-state index in [1.54, 1.807) is 6.92 Å². The van der Waals surface area contributed by atoms with Crippen LogP contribution in [0, 0.1) is 6.92 Å². The second kappa shape index (κ2) is 4.78. The zero-order chi connectivity index (χ0) is 12.3. The lowest BCUT2D eigenvalue weighted by Gasteiger charge is -2.07. The van der Waals surface area contributed by atoms with Crippen LogP contribution >= 0.6 is 0 Å². The van der Waals surface area contributed by atoms with E-state index in [0.29, 0.717) is 5.82 Å². The molecule has 0 saturated carbocycles. The molecule has 0 bridgehead atoms. The molecule has 2 aromatic rings. The van der Waals surface area contributed by atoms with Crippen LogP contribution in [-0.2, 0) is 6.42 Å². The Morgan fingerprint density at radius 3 is 2.82 bits per heavy atom. The van der Waals surface area contributed by atoms with Crippen LogP contribution in [0.15, 0.2) is 24.3 Å². The minimum absolute atomic E-state index is 0.161. The summed E-state index contributed by atoms with van der Waals surface area (Å²) in [6, 6.07) is 7.69. The molecular weight excluding hydrogens is 216 g/mol. The molecule has 5 heteroatoms. The second-order valence-electron chi connectivity index (χ2n) is 3.71. The van der Waals surface area contributed by atoms with Gasteiger partial charge in [0.15, 0.2) is 0 Å². The fourth-order valence-electron chi connectivity index (χ4n) is 1.57. The number of para-hydroxylation sites is 1. The maximum Gasteiger partial charge on any atom is 0.295 e. The zero-order valence-corrected chi connectivity index (χ0v) is 9.82. The van der Waals surface area contributed by atoms with Crippen LogP contribution in [0.25, 0.3) is 0 Å². The Labute approximate surface area is 99.3 Å². The van der Waals surface area contributed by atoms with Gasteiger partial charge in [-0.3, -0.25) is 9.89 Å². The highest BCUT2D eigenvalue weighted by atomic mass is 16.2. The summed E-state index contributed by atoms with van der Waals surface area (Å²) in [7, 11) is 0. The summed E-state index contributed by atoms with van der Waals surface area (Å²) in [4.78, 5) is 15.8. The molecule has 0 aliphatic rings. The van der Waals surface area contributed by atoms with Gasteiger partial charge in [-0.2, -0.15) is 0 Å². The Morgan fingerprint density at radius 2 is 2.18 bits per heavy atom. The van der Waals surface area contributed by atoms with Crippen LogP contribution in [-0.4, -0.2) is 21.1 Å². The monoisotopic (exact) mass is 230 g/mol. The van der Waals surface area contributed by atoms with Crippen molar-refractivity contribution in [1.29, 1.82) is 0 Å². The predicted molar refractivity (Wildman–Crippen MR) is 64.9 cm³/mol. The van der Waals surface area contributed by atoms with Crippen LogP contribution in [0.4, 0.5) is 5.69 Å². The Hall–Kier alpha value is -2.17. The average Bonchev–Trinajstić information content (AvgIpc) is 2.77. The summed E-state index contributed by atoms with van der Waals surface area (Å²) in [6.45, 7) is 3.80.